The van der Waals surface area contributed by atoms with E-state index >= 15 is 0 Å². The maximum Gasteiger partial charge on any atom is 0.248 e. The number of rotatable bonds is 2. The molecule has 0 saturated carbocycles. The van der Waals surface area contributed by atoms with Crippen molar-refractivity contribution in [2.45, 2.75) is 0 Å². The van der Waals surface area contributed by atoms with Gasteiger partial charge in [-0.25, -0.2) is 0 Å². The summed E-state index contributed by atoms with van der Waals surface area (Å²) >= 11 is 0. The Labute approximate surface area is 272 Å². The van der Waals surface area contributed by atoms with E-state index in [2.05, 4.69) is 173 Å². The zero-order valence-corrected chi connectivity index (χ0v) is 25.6. The second-order valence-electron chi connectivity index (χ2n) is 12.9. The molecule has 2 aliphatic rings. The van der Waals surface area contributed by atoms with Crippen molar-refractivity contribution < 1.29 is 0 Å². The van der Waals surface area contributed by atoms with Crippen LogP contribution in [0.3, 0.4) is 0 Å². The van der Waals surface area contributed by atoms with Gasteiger partial charge in [0.2, 0.25) is 6.71 Å². The van der Waals surface area contributed by atoms with Gasteiger partial charge in [-0.1, -0.05) is 127 Å². The monoisotopic (exact) mass is 594 g/mol. The van der Waals surface area contributed by atoms with Crippen LogP contribution in [0.2, 0.25) is 0 Å². The van der Waals surface area contributed by atoms with E-state index in [1.807, 2.05) is 0 Å². The van der Waals surface area contributed by atoms with Crippen LogP contribution >= 0.6 is 0 Å². The lowest BCUT2D eigenvalue weighted by atomic mass is 9.37. The standard InChI is InChI=1S/C44H27BN2/c1-2-12-29-23-32(22-21-28(29)11-1)46-42-25-31-14-4-3-13-30(31)24-39(42)45-38-18-8-5-15-34(38)37-26-33(27-43(46)44(37)45)47-40-19-9-6-16-35(40)36-17-7-10-20-41(36)47/h1-27H. The summed E-state index contributed by atoms with van der Waals surface area (Å²) in [7, 11) is 0. The lowest BCUT2D eigenvalue weighted by Gasteiger charge is -2.37. The summed E-state index contributed by atoms with van der Waals surface area (Å²) in [5.41, 5.74) is 14.1. The molecule has 0 radical (unpaired) electrons. The summed E-state index contributed by atoms with van der Waals surface area (Å²) < 4.78 is 2.46. The average molecular weight is 595 g/mol. The van der Waals surface area contributed by atoms with Crippen molar-refractivity contribution in [2.24, 2.45) is 0 Å². The number of hydrogen-bond donors (Lipinski definition) is 0. The third-order valence-electron chi connectivity index (χ3n) is 10.5. The molecule has 47 heavy (non-hydrogen) atoms. The lowest BCUT2D eigenvalue weighted by molar-refractivity contribution is 1.17. The quantitative estimate of drug-likeness (QED) is 0.181. The topological polar surface area (TPSA) is 8.17 Å². The largest absolute Gasteiger partial charge is 0.311 e. The molecule has 216 valence electrons. The third kappa shape index (κ3) is 3.41. The zero-order valence-electron chi connectivity index (χ0n) is 25.6. The first-order chi connectivity index (χ1) is 23.3. The fraction of sp³-hybridized carbons (Fsp3) is 0. The number of benzene rings is 8. The smallest absolute Gasteiger partial charge is 0.248 e. The van der Waals surface area contributed by atoms with Gasteiger partial charge in [0, 0.05) is 33.5 Å². The van der Waals surface area contributed by atoms with Crippen molar-refractivity contribution in [3.8, 4) is 16.8 Å². The predicted octanol–water partition coefficient (Wildman–Crippen LogP) is 9.37. The van der Waals surface area contributed by atoms with Gasteiger partial charge in [0.05, 0.1) is 11.0 Å². The molecule has 0 saturated heterocycles. The van der Waals surface area contributed by atoms with Crippen molar-refractivity contribution in [1.82, 2.24) is 4.57 Å². The molecule has 0 spiro atoms. The molecule has 0 unspecified atom stereocenters. The Morgan fingerprint density at radius 3 is 1.77 bits per heavy atom. The molecular formula is C44H27BN2. The molecule has 0 atom stereocenters. The van der Waals surface area contributed by atoms with Crippen molar-refractivity contribution in [2.75, 3.05) is 4.90 Å². The van der Waals surface area contributed by atoms with Crippen LogP contribution in [0.5, 0.6) is 0 Å². The van der Waals surface area contributed by atoms with Crippen molar-refractivity contribution >= 4 is 83.5 Å². The van der Waals surface area contributed by atoms with E-state index in [1.54, 1.807) is 0 Å². The molecule has 3 heteroatoms. The Bertz CT molecular complexity index is 2720. The van der Waals surface area contributed by atoms with Gasteiger partial charge in [0.1, 0.15) is 0 Å². The van der Waals surface area contributed by atoms with Crippen LogP contribution in [0.4, 0.5) is 17.1 Å². The molecular weight excluding hydrogens is 567 g/mol. The fourth-order valence-electron chi connectivity index (χ4n) is 8.53. The van der Waals surface area contributed by atoms with Gasteiger partial charge >= 0.3 is 0 Å². The van der Waals surface area contributed by atoms with Crippen molar-refractivity contribution in [3.05, 3.63) is 164 Å². The Balaban J connectivity index is 1.29. The van der Waals surface area contributed by atoms with E-state index in [1.165, 1.54) is 93.6 Å². The number of fused-ring (bicyclic) bond motifs is 10. The van der Waals surface area contributed by atoms with Crippen LogP contribution in [-0.4, -0.2) is 11.3 Å². The van der Waals surface area contributed by atoms with E-state index in [0.717, 1.165) is 0 Å². The maximum absolute atomic E-state index is 2.53. The highest BCUT2D eigenvalue weighted by Crippen LogP contribution is 2.44. The molecule has 2 aliphatic heterocycles. The SMILES string of the molecule is c1ccc2c(c1)B1c3cc4ccccc4cc3N(c3ccc4ccccc4c3)c3cc(-n4c5ccccc5c5ccccc54)cc-2c31. The molecule has 2 nitrogen and oxygen atoms in total. The molecule has 0 aliphatic carbocycles. The van der Waals surface area contributed by atoms with Crippen LogP contribution in [-0.2, 0) is 0 Å². The van der Waals surface area contributed by atoms with Crippen LogP contribution in [0.15, 0.2) is 164 Å². The van der Waals surface area contributed by atoms with Crippen molar-refractivity contribution in [1.29, 1.82) is 0 Å². The first kappa shape index (κ1) is 25.2. The molecule has 0 N–H and O–H groups in total. The Morgan fingerprint density at radius 2 is 1.00 bits per heavy atom. The van der Waals surface area contributed by atoms with Gasteiger partial charge in [-0.2, -0.15) is 0 Å². The summed E-state index contributed by atoms with van der Waals surface area (Å²) in [6, 6.07) is 60.8. The first-order valence-electron chi connectivity index (χ1n) is 16.4. The Morgan fingerprint density at radius 1 is 0.383 bits per heavy atom. The minimum absolute atomic E-state index is 0.166. The summed E-state index contributed by atoms with van der Waals surface area (Å²) in [4.78, 5) is 2.53. The normalized spacial score (nSPS) is 13.0. The van der Waals surface area contributed by atoms with Crippen LogP contribution in [0, 0.1) is 0 Å². The second-order valence-corrected chi connectivity index (χ2v) is 12.9. The van der Waals surface area contributed by atoms with E-state index in [-0.39, 0.29) is 6.71 Å². The first-order valence-corrected chi connectivity index (χ1v) is 16.4. The Kier molecular flexibility index (Phi) is 4.95. The highest BCUT2D eigenvalue weighted by molar-refractivity contribution is 7.01. The second kappa shape index (κ2) is 9.25. The summed E-state index contributed by atoms with van der Waals surface area (Å²) in [6.45, 7) is 0.166. The molecule has 3 heterocycles. The van der Waals surface area contributed by atoms with E-state index < -0.39 is 0 Å². The van der Waals surface area contributed by atoms with E-state index in [0.29, 0.717) is 0 Å². The van der Waals surface area contributed by atoms with Crippen molar-refractivity contribution in [3.63, 3.8) is 0 Å². The predicted molar refractivity (Wildman–Crippen MR) is 201 cm³/mol. The number of anilines is 3. The minimum atomic E-state index is 0.166. The zero-order chi connectivity index (χ0) is 30.6. The van der Waals surface area contributed by atoms with Crippen LogP contribution < -0.4 is 21.3 Å². The molecule has 0 amide bonds. The van der Waals surface area contributed by atoms with Crippen LogP contribution in [0.25, 0.3) is 60.2 Å². The summed E-state index contributed by atoms with van der Waals surface area (Å²) in [5, 5.41) is 7.58. The lowest BCUT2D eigenvalue weighted by Crippen LogP contribution is -2.54. The number of hydrogen-bond acceptors (Lipinski definition) is 1. The van der Waals surface area contributed by atoms with Gasteiger partial charge in [-0.05, 0) is 86.1 Å². The highest BCUT2D eigenvalue weighted by atomic mass is 15.2. The molecule has 0 fully saturated rings. The van der Waals surface area contributed by atoms with Gasteiger partial charge in [-0.15, -0.1) is 0 Å². The van der Waals surface area contributed by atoms with E-state index in [9.17, 15) is 0 Å². The van der Waals surface area contributed by atoms with Gasteiger partial charge in [0.25, 0.3) is 0 Å². The molecule has 11 rings (SSSR count). The average Bonchev–Trinajstić information content (AvgIpc) is 3.65. The molecule has 8 aromatic carbocycles. The minimum Gasteiger partial charge on any atom is -0.311 e. The fourth-order valence-corrected chi connectivity index (χ4v) is 8.53. The summed E-state index contributed by atoms with van der Waals surface area (Å²) in [6.07, 6.45) is 0. The molecule has 0 bridgehead atoms. The number of nitrogens with zero attached hydrogens (tertiary/aromatic N) is 2. The number of para-hydroxylation sites is 2. The van der Waals surface area contributed by atoms with Gasteiger partial charge in [-0.3, -0.25) is 0 Å². The number of aromatic nitrogens is 1. The molecule has 1 aromatic heterocycles. The highest BCUT2D eigenvalue weighted by Gasteiger charge is 2.43. The Hall–Kier alpha value is -6.06. The van der Waals surface area contributed by atoms with Gasteiger partial charge in [0.15, 0.2) is 0 Å². The molecule has 9 aromatic rings. The van der Waals surface area contributed by atoms with Crippen LogP contribution in [0.1, 0.15) is 0 Å². The van der Waals surface area contributed by atoms with Gasteiger partial charge < -0.3 is 9.47 Å². The third-order valence-corrected chi connectivity index (χ3v) is 10.5. The maximum atomic E-state index is 2.53. The summed E-state index contributed by atoms with van der Waals surface area (Å²) in [5.74, 6) is 0. The van der Waals surface area contributed by atoms with E-state index in [4.69, 9.17) is 0 Å².